The van der Waals surface area contributed by atoms with Gasteiger partial charge in [0.25, 0.3) is 0 Å². The van der Waals surface area contributed by atoms with Gasteiger partial charge in [-0.3, -0.25) is 4.68 Å². The van der Waals surface area contributed by atoms with E-state index in [9.17, 15) is 0 Å². The van der Waals surface area contributed by atoms with Crippen molar-refractivity contribution >= 4 is 0 Å². The Morgan fingerprint density at radius 1 is 1.19 bits per heavy atom. The van der Waals surface area contributed by atoms with Crippen molar-refractivity contribution in [3.05, 3.63) is 41.7 Å². The Balaban J connectivity index is 2.39. The van der Waals surface area contributed by atoms with Gasteiger partial charge in [-0.2, -0.15) is 5.10 Å². The molecular formula is C16H23N3O2. The molecule has 0 radical (unpaired) electrons. The molecular weight excluding hydrogens is 266 g/mol. The van der Waals surface area contributed by atoms with Crippen molar-refractivity contribution in [2.45, 2.75) is 25.9 Å². The van der Waals surface area contributed by atoms with Gasteiger partial charge in [-0.25, -0.2) is 0 Å². The Bertz CT molecular complexity index is 581. The Hall–Kier alpha value is -2.01. The number of aryl methyl sites for hydroxylation is 1. The Morgan fingerprint density at radius 3 is 2.57 bits per heavy atom. The van der Waals surface area contributed by atoms with E-state index < -0.39 is 0 Å². The van der Waals surface area contributed by atoms with E-state index >= 15 is 0 Å². The molecule has 1 aromatic heterocycles. The SMILES string of the molecule is CCCn1nccc1C(NC)c1ccc(OC)c(OC)c1. The summed E-state index contributed by atoms with van der Waals surface area (Å²) in [5, 5.41) is 7.75. The van der Waals surface area contributed by atoms with E-state index in [1.807, 2.05) is 42.2 Å². The highest BCUT2D eigenvalue weighted by Crippen LogP contribution is 2.32. The minimum atomic E-state index is 0.0684. The number of aromatic nitrogens is 2. The van der Waals surface area contributed by atoms with Crippen LogP contribution < -0.4 is 14.8 Å². The molecule has 2 rings (SSSR count). The van der Waals surface area contributed by atoms with E-state index in [4.69, 9.17) is 9.47 Å². The molecule has 0 aliphatic heterocycles. The maximum absolute atomic E-state index is 5.39. The number of benzene rings is 1. The van der Waals surface area contributed by atoms with Crippen LogP contribution in [-0.2, 0) is 6.54 Å². The number of ether oxygens (including phenoxy) is 2. The molecule has 1 unspecified atom stereocenters. The van der Waals surface area contributed by atoms with Crippen LogP contribution in [0.3, 0.4) is 0 Å². The van der Waals surface area contributed by atoms with Gasteiger partial charge in [-0.1, -0.05) is 13.0 Å². The Labute approximate surface area is 125 Å². The van der Waals surface area contributed by atoms with Gasteiger partial charge in [0.15, 0.2) is 11.5 Å². The van der Waals surface area contributed by atoms with Crippen molar-refractivity contribution in [3.63, 3.8) is 0 Å². The van der Waals surface area contributed by atoms with Crippen molar-refractivity contribution in [2.75, 3.05) is 21.3 Å². The first-order valence-corrected chi connectivity index (χ1v) is 7.16. The number of hydrogen-bond acceptors (Lipinski definition) is 4. The van der Waals surface area contributed by atoms with E-state index in [0.717, 1.165) is 35.7 Å². The molecule has 1 heterocycles. The molecule has 0 amide bonds. The number of methoxy groups -OCH3 is 2. The summed E-state index contributed by atoms with van der Waals surface area (Å²) in [6, 6.07) is 8.10. The highest BCUT2D eigenvalue weighted by molar-refractivity contribution is 5.45. The zero-order valence-electron chi connectivity index (χ0n) is 13.1. The predicted molar refractivity (Wildman–Crippen MR) is 83.0 cm³/mol. The van der Waals surface area contributed by atoms with Crippen molar-refractivity contribution in [3.8, 4) is 11.5 Å². The summed E-state index contributed by atoms with van der Waals surface area (Å²) in [5.41, 5.74) is 2.26. The van der Waals surface area contributed by atoms with E-state index in [1.54, 1.807) is 14.2 Å². The molecule has 0 aliphatic carbocycles. The lowest BCUT2D eigenvalue weighted by Gasteiger charge is -2.19. The molecule has 2 aromatic rings. The fourth-order valence-corrected chi connectivity index (χ4v) is 2.50. The predicted octanol–water partition coefficient (Wildman–Crippen LogP) is 2.62. The molecule has 5 heteroatoms. The van der Waals surface area contributed by atoms with Crippen molar-refractivity contribution < 1.29 is 9.47 Å². The fraction of sp³-hybridized carbons (Fsp3) is 0.438. The number of nitrogens with one attached hydrogen (secondary N) is 1. The second kappa shape index (κ2) is 7.13. The van der Waals surface area contributed by atoms with Crippen molar-refractivity contribution in [2.24, 2.45) is 0 Å². The fourth-order valence-electron chi connectivity index (χ4n) is 2.50. The van der Waals surface area contributed by atoms with Gasteiger partial charge < -0.3 is 14.8 Å². The van der Waals surface area contributed by atoms with Crippen molar-refractivity contribution in [1.82, 2.24) is 15.1 Å². The largest absolute Gasteiger partial charge is 0.493 e. The zero-order chi connectivity index (χ0) is 15.2. The standard InChI is InChI=1S/C16H23N3O2/c1-5-10-19-13(8-9-18-19)16(17-2)12-6-7-14(20-3)15(11-12)21-4/h6-9,11,16-17H,5,10H2,1-4H3. The average Bonchev–Trinajstić information content (AvgIpc) is 2.96. The van der Waals surface area contributed by atoms with Crippen LogP contribution in [0, 0.1) is 0 Å². The zero-order valence-corrected chi connectivity index (χ0v) is 13.1. The van der Waals surface area contributed by atoms with E-state index in [1.165, 1.54) is 0 Å². The van der Waals surface area contributed by atoms with Crippen LogP contribution in [0.5, 0.6) is 11.5 Å². The average molecular weight is 289 g/mol. The molecule has 1 N–H and O–H groups in total. The molecule has 5 nitrogen and oxygen atoms in total. The summed E-state index contributed by atoms with van der Waals surface area (Å²) >= 11 is 0. The summed E-state index contributed by atoms with van der Waals surface area (Å²) in [5.74, 6) is 1.47. The second-order valence-corrected chi connectivity index (χ2v) is 4.82. The molecule has 0 fully saturated rings. The summed E-state index contributed by atoms with van der Waals surface area (Å²) in [6.07, 6.45) is 2.90. The topological polar surface area (TPSA) is 48.3 Å². The molecule has 0 saturated carbocycles. The molecule has 0 spiro atoms. The summed E-state index contributed by atoms with van der Waals surface area (Å²) in [4.78, 5) is 0. The molecule has 21 heavy (non-hydrogen) atoms. The van der Waals surface area contributed by atoms with Gasteiger partial charge >= 0.3 is 0 Å². The molecule has 0 saturated heterocycles. The number of nitrogens with zero attached hydrogens (tertiary/aromatic N) is 2. The lowest BCUT2D eigenvalue weighted by Crippen LogP contribution is -2.21. The number of rotatable bonds is 7. The van der Waals surface area contributed by atoms with E-state index in [2.05, 4.69) is 17.3 Å². The van der Waals surface area contributed by atoms with Crippen LogP contribution in [0.1, 0.15) is 30.6 Å². The van der Waals surface area contributed by atoms with Gasteiger partial charge in [0.2, 0.25) is 0 Å². The maximum Gasteiger partial charge on any atom is 0.161 e. The van der Waals surface area contributed by atoms with Crippen LogP contribution in [0.2, 0.25) is 0 Å². The first kappa shape index (κ1) is 15.4. The van der Waals surface area contributed by atoms with Gasteiger partial charge in [-0.15, -0.1) is 0 Å². The minimum absolute atomic E-state index is 0.0684. The first-order valence-electron chi connectivity index (χ1n) is 7.16. The van der Waals surface area contributed by atoms with Gasteiger partial charge in [0.05, 0.1) is 26.0 Å². The quantitative estimate of drug-likeness (QED) is 0.851. The Morgan fingerprint density at radius 2 is 1.95 bits per heavy atom. The van der Waals surface area contributed by atoms with E-state index in [0.29, 0.717) is 0 Å². The minimum Gasteiger partial charge on any atom is -0.493 e. The summed E-state index contributed by atoms with van der Waals surface area (Å²) < 4.78 is 12.7. The van der Waals surface area contributed by atoms with Crippen LogP contribution >= 0.6 is 0 Å². The lowest BCUT2D eigenvalue weighted by molar-refractivity contribution is 0.354. The molecule has 1 aromatic carbocycles. The summed E-state index contributed by atoms with van der Waals surface area (Å²) in [6.45, 7) is 3.06. The van der Waals surface area contributed by atoms with Crippen LogP contribution in [0.4, 0.5) is 0 Å². The third-order valence-electron chi connectivity index (χ3n) is 3.51. The molecule has 0 bridgehead atoms. The molecule has 114 valence electrons. The number of hydrogen-bond donors (Lipinski definition) is 1. The monoisotopic (exact) mass is 289 g/mol. The smallest absolute Gasteiger partial charge is 0.161 e. The molecule has 0 aliphatic rings. The highest BCUT2D eigenvalue weighted by atomic mass is 16.5. The van der Waals surface area contributed by atoms with Gasteiger partial charge in [0.1, 0.15) is 0 Å². The summed E-state index contributed by atoms with van der Waals surface area (Å²) in [7, 11) is 5.24. The van der Waals surface area contributed by atoms with Gasteiger partial charge in [-0.05, 0) is 37.2 Å². The van der Waals surface area contributed by atoms with Crippen molar-refractivity contribution in [1.29, 1.82) is 0 Å². The normalized spacial score (nSPS) is 12.2. The van der Waals surface area contributed by atoms with Gasteiger partial charge in [0, 0.05) is 12.7 Å². The van der Waals surface area contributed by atoms with E-state index in [-0.39, 0.29) is 6.04 Å². The van der Waals surface area contributed by atoms with Crippen LogP contribution in [0.15, 0.2) is 30.5 Å². The second-order valence-electron chi connectivity index (χ2n) is 4.82. The maximum atomic E-state index is 5.39. The third kappa shape index (κ3) is 3.19. The molecule has 1 atom stereocenters. The highest BCUT2D eigenvalue weighted by Gasteiger charge is 2.18. The first-order chi connectivity index (χ1) is 10.2. The Kier molecular flexibility index (Phi) is 5.22. The van der Waals surface area contributed by atoms with Crippen LogP contribution in [0.25, 0.3) is 0 Å². The third-order valence-corrected chi connectivity index (χ3v) is 3.51. The lowest BCUT2D eigenvalue weighted by atomic mass is 10.0. The van der Waals surface area contributed by atoms with Crippen LogP contribution in [-0.4, -0.2) is 31.0 Å².